The summed E-state index contributed by atoms with van der Waals surface area (Å²) in [4.78, 5) is 0. The first-order valence-electron chi connectivity index (χ1n) is 5.92. The number of nitrogens with one attached hydrogen (secondary N) is 1. The average molecular weight is 253 g/mol. The Kier molecular flexibility index (Phi) is 4.45. The van der Waals surface area contributed by atoms with E-state index in [0.29, 0.717) is 17.0 Å². The van der Waals surface area contributed by atoms with Gasteiger partial charge in [0.15, 0.2) is 0 Å². The third kappa shape index (κ3) is 2.83. The number of aliphatic hydroxyl groups is 2. The van der Waals surface area contributed by atoms with Gasteiger partial charge < -0.3 is 15.5 Å². The minimum atomic E-state index is -0.610. The van der Waals surface area contributed by atoms with Crippen molar-refractivity contribution in [1.82, 2.24) is 5.32 Å². The van der Waals surface area contributed by atoms with Gasteiger partial charge in [-0.2, -0.15) is 11.8 Å². The Balaban J connectivity index is 2.02. The van der Waals surface area contributed by atoms with E-state index in [-0.39, 0.29) is 6.61 Å². The van der Waals surface area contributed by atoms with Gasteiger partial charge in [0.1, 0.15) is 0 Å². The molecular weight excluding hydrogens is 234 g/mol. The fraction of sp³-hybridized carbons (Fsp3) is 0.538. The lowest BCUT2D eigenvalue weighted by Crippen LogP contribution is -2.26. The van der Waals surface area contributed by atoms with Crippen LogP contribution in [-0.2, 0) is 6.42 Å². The van der Waals surface area contributed by atoms with Crippen molar-refractivity contribution in [2.45, 2.75) is 23.8 Å². The van der Waals surface area contributed by atoms with Crippen molar-refractivity contribution in [2.75, 3.05) is 19.4 Å². The molecule has 2 rings (SSSR count). The Morgan fingerprint density at radius 1 is 1.47 bits per heavy atom. The zero-order chi connectivity index (χ0) is 12.3. The molecular formula is C13H19NO2S. The molecule has 4 heteroatoms. The summed E-state index contributed by atoms with van der Waals surface area (Å²) in [6.45, 7) is -0.156. The molecule has 3 N–H and O–H groups in total. The standard InChI is InChI=1S/C13H19NO2S/c1-14-13-11-5-3-2-4-9(11)6-12(13)17-8-10(16)7-15/h2-5,10,12-16H,6-8H2,1H3. The van der Waals surface area contributed by atoms with Gasteiger partial charge in [0.05, 0.1) is 12.7 Å². The van der Waals surface area contributed by atoms with Crippen LogP contribution in [0.15, 0.2) is 24.3 Å². The minimum Gasteiger partial charge on any atom is -0.394 e. The second kappa shape index (κ2) is 5.87. The normalized spacial score (nSPS) is 24.6. The third-order valence-electron chi connectivity index (χ3n) is 3.21. The Labute approximate surface area is 106 Å². The lowest BCUT2D eigenvalue weighted by Gasteiger charge is -2.20. The number of benzene rings is 1. The highest BCUT2D eigenvalue weighted by atomic mass is 32.2. The lowest BCUT2D eigenvalue weighted by atomic mass is 10.1. The number of fused-ring (bicyclic) bond motifs is 1. The quantitative estimate of drug-likeness (QED) is 0.731. The first-order chi connectivity index (χ1) is 8.26. The monoisotopic (exact) mass is 253 g/mol. The molecule has 0 fully saturated rings. The molecule has 0 saturated heterocycles. The predicted molar refractivity (Wildman–Crippen MR) is 71.3 cm³/mol. The van der Waals surface area contributed by atoms with E-state index in [2.05, 4.69) is 29.6 Å². The van der Waals surface area contributed by atoms with Gasteiger partial charge in [-0.05, 0) is 24.6 Å². The maximum absolute atomic E-state index is 9.40. The molecule has 1 aromatic rings. The maximum Gasteiger partial charge on any atom is 0.0861 e. The summed E-state index contributed by atoms with van der Waals surface area (Å²) in [5.74, 6) is 0.591. The van der Waals surface area contributed by atoms with Crippen molar-refractivity contribution in [3.63, 3.8) is 0 Å². The SMILES string of the molecule is CNC1c2ccccc2CC1SCC(O)CO. The van der Waals surface area contributed by atoms with E-state index in [1.165, 1.54) is 11.1 Å². The Morgan fingerprint density at radius 3 is 2.94 bits per heavy atom. The molecule has 0 heterocycles. The van der Waals surface area contributed by atoms with Crippen molar-refractivity contribution >= 4 is 11.8 Å². The Bertz CT molecular complexity index is 372. The van der Waals surface area contributed by atoms with Gasteiger partial charge in [0.2, 0.25) is 0 Å². The molecule has 0 radical (unpaired) electrons. The molecule has 0 aromatic heterocycles. The second-order valence-electron chi connectivity index (χ2n) is 4.38. The number of hydrogen-bond acceptors (Lipinski definition) is 4. The van der Waals surface area contributed by atoms with E-state index in [9.17, 15) is 5.11 Å². The van der Waals surface area contributed by atoms with Crippen LogP contribution < -0.4 is 5.32 Å². The zero-order valence-corrected chi connectivity index (χ0v) is 10.8. The van der Waals surface area contributed by atoms with Gasteiger partial charge in [-0.3, -0.25) is 0 Å². The summed E-state index contributed by atoms with van der Waals surface area (Å²) in [7, 11) is 1.97. The predicted octanol–water partition coefficient (Wildman–Crippen LogP) is 0.958. The van der Waals surface area contributed by atoms with Crippen LogP contribution in [0.4, 0.5) is 0 Å². The summed E-state index contributed by atoms with van der Waals surface area (Å²) >= 11 is 1.73. The highest BCUT2D eigenvalue weighted by Gasteiger charge is 2.31. The number of rotatable bonds is 5. The van der Waals surface area contributed by atoms with Crippen molar-refractivity contribution < 1.29 is 10.2 Å². The molecule has 1 aliphatic rings. The first-order valence-corrected chi connectivity index (χ1v) is 6.96. The Morgan fingerprint density at radius 2 is 2.24 bits per heavy atom. The minimum absolute atomic E-state index is 0.156. The van der Waals surface area contributed by atoms with Gasteiger partial charge in [-0.1, -0.05) is 24.3 Å². The third-order valence-corrected chi connectivity index (χ3v) is 4.65. The smallest absolute Gasteiger partial charge is 0.0861 e. The van der Waals surface area contributed by atoms with Gasteiger partial charge in [-0.25, -0.2) is 0 Å². The van der Waals surface area contributed by atoms with Gasteiger partial charge >= 0.3 is 0 Å². The summed E-state index contributed by atoms with van der Waals surface area (Å²) < 4.78 is 0. The molecule has 17 heavy (non-hydrogen) atoms. The van der Waals surface area contributed by atoms with Crippen LogP contribution in [0.25, 0.3) is 0 Å². The lowest BCUT2D eigenvalue weighted by molar-refractivity contribution is 0.113. The highest BCUT2D eigenvalue weighted by Crippen LogP contribution is 2.38. The van der Waals surface area contributed by atoms with E-state index in [1.54, 1.807) is 11.8 Å². The van der Waals surface area contributed by atoms with Crippen molar-refractivity contribution in [2.24, 2.45) is 0 Å². The molecule has 3 atom stereocenters. The molecule has 94 valence electrons. The van der Waals surface area contributed by atoms with Crippen LogP contribution >= 0.6 is 11.8 Å². The van der Waals surface area contributed by atoms with Crippen LogP contribution in [0.2, 0.25) is 0 Å². The largest absolute Gasteiger partial charge is 0.394 e. The molecule has 0 bridgehead atoms. The zero-order valence-electron chi connectivity index (χ0n) is 9.97. The topological polar surface area (TPSA) is 52.5 Å². The molecule has 0 amide bonds. The van der Waals surface area contributed by atoms with Crippen molar-refractivity contribution in [1.29, 1.82) is 0 Å². The molecule has 3 nitrogen and oxygen atoms in total. The van der Waals surface area contributed by atoms with Gasteiger partial charge in [0, 0.05) is 17.0 Å². The van der Waals surface area contributed by atoms with Crippen molar-refractivity contribution in [3.8, 4) is 0 Å². The molecule has 1 aliphatic carbocycles. The van der Waals surface area contributed by atoms with E-state index >= 15 is 0 Å². The fourth-order valence-corrected chi connectivity index (χ4v) is 3.69. The number of thioether (sulfide) groups is 1. The van der Waals surface area contributed by atoms with Crippen LogP contribution in [-0.4, -0.2) is 41.0 Å². The van der Waals surface area contributed by atoms with Crippen LogP contribution in [0.3, 0.4) is 0 Å². The van der Waals surface area contributed by atoms with E-state index in [4.69, 9.17) is 5.11 Å². The van der Waals surface area contributed by atoms with E-state index < -0.39 is 6.10 Å². The van der Waals surface area contributed by atoms with Crippen LogP contribution in [0, 0.1) is 0 Å². The van der Waals surface area contributed by atoms with Crippen LogP contribution in [0.5, 0.6) is 0 Å². The van der Waals surface area contributed by atoms with E-state index in [1.807, 2.05) is 7.05 Å². The maximum atomic E-state index is 9.40. The second-order valence-corrected chi connectivity index (χ2v) is 5.65. The molecule has 0 aliphatic heterocycles. The molecule has 3 unspecified atom stereocenters. The van der Waals surface area contributed by atoms with Gasteiger partial charge in [0.25, 0.3) is 0 Å². The van der Waals surface area contributed by atoms with E-state index in [0.717, 1.165) is 6.42 Å². The van der Waals surface area contributed by atoms with Crippen molar-refractivity contribution in [3.05, 3.63) is 35.4 Å². The van der Waals surface area contributed by atoms with Gasteiger partial charge in [-0.15, -0.1) is 0 Å². The fourth-order valence-electron chi connectivity index (χ4n) is 2.34. The summed E-state index contributed by atoms with van der Waals surface area (Å²) in [6, 6.07) is 8.82. The summed E-state index contributed by atoms with van der Waals surface area (Å²) in [5.41, 5.74) is 2.76. The number of hydrogen-bond donors (Lipinski definition) is 3. The Hall–Kier alpha value is -0.550. The summed E-state index contributed by atoms with van der Waals surface area (Å²) in [6.07, 6.45) is 0.422. The first kappa shape index (κ1) is 12.9. The summed E-state index contributed by atoms with van der Waals surface area (Å²) in [5, 5.41) is 22.0. The van der Waals surface area contributed by atoms with Crippen LogP contribution in [0.1, 0.15) is 17.2 Å². The average Bonchev–Trinajstić information content (AvgIpc) is 2.73. The number of aliphatic hydroxyl groups excluding tert-OH is 2. The molecule has 1 aromatic carbocycles. The molecule has 0 spiro atoms. The molecule has 0 saturated carbocycles. The highest BCUT2D eigenvalue weighted by molar-refractivity contribution is 8.00.